The van der Waals surface area contributed by atoms with Crippen molar-refractivity contribution in [2.24, 2.45) is 0 Å². The SMILES string of the molecule is C=CCCCC(O)(C#C[Si](C)(C)C)CCCC=C. The van der Waals surface area contributed by atoms with Gasteiger partial charge >= 0.3 is 0 Å². The van der Waals surface area contributed by atoms with Gasteiger partial charge in [0, 0.05) is 0 Å². The van der Waals surface area contributed by atoms with Gasteiger partial charge in [0.2, 0.25) is 0 Å². The van der Waals surface area contributed by atoms with Crippen molar-refractivity contribution >= 4 is 8.07 Å². The molecule has 0 aliphatic heterocycles. The molecular formula is C16H28OSi. The highest BCUT2D eigenvalue weighted by Crippen LogP contribution is 2.21. The maximum Gasteiger partial charge on any atom is 0.129 e. The Morgan fingerprint density at radius 2 is 1.50 bits per heavy atom. The quantitative estimate of drug-likeness (QED) is 0.300. The second-order valence-electron chi connectivity index (χ2n) is 5.89. The molecule has 0 spiro atoms. The van der Waals surface area contributed by atoms with Gasteiger partial charge in [-0.25, -0.2) is 0 Å². The highest BCUT2D eigenvalue weighted by atomic mass is 28.3. The molecule has 0 aromatic heterocycles. The first-order chi connectivity index (χ1) is 8.33. The zero-order chi connectivity index (χ0) is 14.1. The van der Waals surface area contributed by atoms with Crippen LogP contribution in [0.2, 0.25) is 19.6 Å². The third-order valence-electron chi connectivity index (χ3n) is 2.67. The molecule has 0 aliphatic carbocycles. The van der Waals surface area contributed by atoms with Crippen LogP contribution >= 0.6 is 0 Å². The third-order valence-corrected chi connectivity index (χ3v) is 3.54. The Morgan fingerprint density at radius 1 is 1.06 bits per heavy atom. The normalized spacial score (nSPS) is 11.6. The van der Waals surface area contributed by atoms with Gasteiger partial charge in [0.25, 0.3) is 0 Å². The predicted molar refractivity (Wildman–Crippen MR) is 84.2 cm³/mol. The lowest BCUT2D eigenvalue weighted by molar-refractivity contribution is 0.0785. The number of hydrogen-bond acceptors (Lipinski definition) is 1. The van der Waals surface area contributed by atoms with E-state index in [9.17, 15) is 5.11 Å². The van der Waals surface area contributed by atoms with E-state index < -0.39 is 13.7 Å². The summed E-state index contributed by atoms with van der Waals surface area (Å²) in [4.78, 5) is 0. The first kappa shape index (κ1) is 17.2. The monoisotopic (exact) mass is 264 g/mol. The van der Waals surface area contributed by atoms with Gasteiger partial charge in [0.15, 0.2) is 0 Å². The van der Waals surface area contributed by atoms with Crippen molar-refractivity contribution in [3.8, 4) is 11.5 Å². The molecule has 0 unspecified atom stereocenters. The lowest BCUT2D eigenvalue weighted by Gasteiger charge is -2.22. The summed E-state index contributed by atoms with van der Waals surface area (Å²) in [6.07, 6.45) is 9.08. The molecule has 0 rings (SSSR count). The summed E-state index contributed by atoms with van der Waals surface area (Å²) in [7, 11) is -1.42. The van der Waals surface area contributed by atoms with Crippen molar-refractivity contribution < 1.29 is 5.11 Å². The fraction of sp³-hybridized carbons (Fsp3) is 0.625. The predicted octanol–water partition coefficient (Wildman–Crippen LogP) is 4.31. The molecule has 0 atom stereocenters. The second kappa shape index (κ2) is 8.34. The van der Waals surface area contributed by atoms with Crippen LogP contribution in [0.5, 0.6) is 0 Å². The smallest absolute Gasteiger partial charge is 0.129 e. The zero-order valence-corrected chi connectivity index (χ0v) is 13.3. The van der Waals surface area contributed by atoms with Gasteiger partial charge in [-0.05, 0) is 38.5 Å². The Kier molecular flexibility index (Phi) is 7.98. The van der Waals surface area contributed by atoms with E-state index in [2.05, 4.69) is 44.3 Å². The highest BCUT2D eigenvalue weighted by Gasteiger charge is 2.23. The molecule has 0 aromatic rings. The van der Waals surface area contributed by atoms with E-state index in [1.165, 1.54) is 0 Å². The van der Waals surface area contributed by atoms with Crippen molar-refractivity contribution in [2.75, 3.05) is 0 Å². The van der Waals surface area contributed by atoms with Crippen molar-refractivity contribution in [1.29, 1.82) is 0 Å². The van der Waals surface area contributed by atoms with Gasteiger partial charge in [-0.2, -0.15) is 0 Å². The fourth-order valence-electron chi connectivity index (χ4n) is 1.63. The second-order valence-corrected chi connectivity index (χ2v) is 10.6. The average molecular weight is 264 g/mol. The van der Waals surface area contributed by atoms with E-state index in [1.54, 1.807) is 0 Å². The third kappa shape index (κ3) is 9.27. The molecule has 102 valence electrons. The summed E-state index contributed by atoms with van der Waals surface area (Å²) in [5.41, 5.74) is 2.49. The molecule has 2 heteroatoms. The van der Waals surface area contributed by atoms with Crippen LogP contribution in [0.1, 0.15) is 38.5 Å². The zero-order valence-electron chi connectivity index (χ0n) is 12.3. The van der Waals surface area contributed by atoms with Gasteiger partial charge in [-0.3, -0.25) is 0 Å². The summed E-state index contributed by atoms with van der Waals surface area (Å²) in [6.45, 7) is 14.0. The van der Waals surface area contributed by atoms with Crippen molar-refractivity contribution in [1.82, 2.24) is 0 Å². The Morgan fingerprint density at radius 3 is 1.83 bits per heavy atom. The Balaban J connectivity index is 4.60. The summed E-state index contributed by atoms with van der Waals surface area (Å²) < 4.78 is 0. The topological polar surface area (TPSA) is 20.2 Å². The Hall–Kier alpha value is -0.783. The van der Waals surface area contributed by atoms with Crippen molar-refractivity contribution in [3.63, 3.8) is 0 Å². The van der Waals surface area contributed by atoms with Crippen LogP contribution in [-0.2, 0) is 0 Å². The molecule has 0 aliphatic rings. The first-order valence-electron chi connectivity index (χ1n) is 6.81. The minimum absolute atomic E-state index is 0.744. The molecule has 0 radical (unpaired) electrons. The fourth-order valence-corrected chi connectivity index (χ4v) is 2.24. The number of rotatable bonds is 8. The lowest BCUT2D eigenvalue weighted by Crippen LogP contribution is -2.28. The molecule has 0 saturated heterocycles. The molecule has 0 saturated carbocycles. The van der Waals surface area contributed by atoms with Gasteiger partial charge in [-0.1, -0.05) is 37.7 Å². The summed E-state index contributed by atoms with van der Waals surface area (Å²) in [6, 6.07) is 0. The molecule has 0 bridgehead atoms. The molecule has 1 N–H and O–H groups in total. The molecule has 0 fully saturated rings. The van der Waals surface area contributed by atoms with E-state index in [0.29, 0.717) is 0 Å². The minimum Gasteiger partial charge on any atom is -0.378 e. The van der Waals surface area contributed by atoms with Crippen LogP contribution in [0, 0.1) is 11.5 Å². The summed E-state index contributed by atoms with van der Waals surface area (Å²) >= 11 is 0. The van der Waals surface area contributed by atoms with Crippen LogP contribution in [-0.4, -0.2) is 18.8 Å². The maximum absolute atomic E-state index is 10.6. The van der Waals surface area contributed by atoms with Crippen LogP contribution in [0.3, 0.4) is 0 Å². The van der Waals surface area contributed by atoms with Crippen LogP contribution in [0.15, 0.2) is 25.3 Å². The average Bonchev–Trinajstić information content (AvgIpc) is 2.27. The number of unbranched alkanes of at least 4 members (excludes halogenated alkanes) is 2. The lowest BCUT2D eigenvalue weighted by atomic mass is 9.91. The van der Waals surface area contributed by atoms with E-state index in [4.69, 9.17) is 0 Å². The first-order valence-corrected chi connectivity index (χ1v) is 10.3. The Bertz CT molecular complexity index is 300. The van der Waals surface area contributed by atoms with Crippen LogP contribution < -0.4 is 0 Å². The van der Waals surface area contributed by atoms with Gasteiger partial charge < -0.3 is 5.11 Å². The highest BCUT2D eigenvalue weighted by molar-refractivity contribution is 6.83. The summed E-state index contributed by atoms with van der Waals surface area (Å²) in [5.74, 6) is 3.15. The van der Waals surface area contributed by atoms with Crippen molar-refractivity contribution in [2.45, 2.75) is 63.8 Å². The van der Waals surface area contributed by atoms with Gasteiger partial charge in [0.1, 0.15) is 13.7 Å². The number of hydrogen-bond donors (Lipinski definition) is 1. The molecule has 18 heavy (non-hydrogen) atoms. The molecule has 0 amide bonds. The Labute approximate surface area is 114 Å². The largest absolute Gasteiger partial charge is 0.378 e. The van der Waals surface area contributed by atoms with E-state index in [1.807, 2.05) is 12.2 Å². The van der Waals surface area contributed by atoms with Crippen molar-refractivity contribution in [3.05, 3.63) is 25.3 Å². The molecule has 0 heterocycles. The summed E-state index contributed by atoms with van der Waals surface area (Å²) in [5, 5.41) is 10.6. The van der Waals surface area contributed by atoms with Gasteiger partial charge in [0.05, 0.1) is 0 Å². The molecule has 0 aromatic carbocycles. The van der Waals surface area contributed by atoms with Crippen LogP contribution in [0.4, 0.5) is 0 Å². The minimum atomic E-state index is -1.42. The van der Waals surface area contributed by atoms with E-state index >= 15 is 0 Å². The van der Waals surface area contributed by atoms with Gasteiger partial charge in [-0.15, -0.1) is 18.7 Å². The maximum atomic E-state index is 10.6. The van der Waals surface area contributed by atoms with E-state index in [0.717, 1.165) is 38.5 Å². The number of aliphatic hydroxyl groups is 1. The van der Waals surface area contributed by atoms with E-state index in [-0.39, 0.29) is 0 Å². The molecule has 1 nitrogen and oxygen atoms in total. The molecular weight excluding hydrogens is 236 g/mol. The number of allylic oxidation sites excluding steroid dienone is 2. The standard InChI is InChI=1S/C16H28OSi/c1-6-8-10-12-16(17,13-11-9-7-2)14-15-18(3,4)5/h6-7,17H,1-2,8-13H2,3-5H3. The van der Waals surface area contributed by atoms with Crippen LogP contribution in [0.25, 0.3) is 0 Å².